The first-order chi connectivity index (χ1) is 5.48. The quantitative estimate of drug-likeness (QED) is 0.570. The van der Waals surface area contributed by atoms with Crippen LogP contribution in [0.1, 0.15) is 19.3 Å². The lowest BCUT2D eigenvalue weighted by atomic mass is 9.99. The molecule has 0 aliphatic heterocycles. The molecule has 2 saturated carbocycles. The van der Waals surface area contributed by atoms with Crippen molar-refractivity contribution in [2.24, 2.45) is 11.8 Å². The molecule has 0 N–H and O–H groups in total. The zero-order valence-electron chi connectivity index (χ0n) is 8.26. The van der Waals surface area contributed by atoms with Crippen molar-refractivity contribution in [3.63, 3.8) is 0 Å². The second-order valence-corrected chi connectivity index (χ2v) is 11.1. The molecule has 1 nitrogen and oxygen atoms in total. The number of hydrogen-bond donors (Lipinski definition) is 0. The van der Waals surface area contributed by atoms with Crippen LogP contribution in [0.2, 0.25) is 25.2 Å². The Hall–Kier alpha value is -0.113. The third-order valence-corrected chi connectivity index (χ3v) is 6.54. The fourth-order valence-corrected chi connectivity index (χ4v) is 5.63. The summed E-state index contributed by atoms with van der Waals surface area (Å²) in [4.78, 5) is 11.5. The molecular formula is C10H18OSi. The van der Waals surface area contributed by atoms with E-state index in [0.29, 0.717) is 11.7 Å². The van der Waals surface area contributed by atoms with Crippen LogP contribution in [0.3, 0.4) is 0 Å². The predicted molar refractivity (Wildman–Crippen MR) is 52.9 cm³/mol. The maximum atomic E-state index is 11.5. The van der Waals surface area contributed by atoms with Gasteiger partial charge in [-0.25, -0.2) is 0 Å². The van der Waals surface area contributed by atoms with Gasteiger partial charge < -0.3 is 0 Å². The van der Waals surface area contributed by atoms with Crippen LogP contribution in [0.25, 0.3) is 0 Å². The maximum absolute atomic E-state index is 11.5. The highest BCUT2D eigenvalue weighted by Crippen LogP contribution is 2.53. The number of carbonyl (C=O) groups excluding carboxylic acids is 1. The van der Waals surface area contributed by atoms with Crippen molar-refractivity contribution < 1.29 is 4.79 Å². The summed E-state index contributed by atoms with van der Waals surface area (Å²) in [7, 11) is -1.04. The van der Waals surface area contributed by atoms with Gasteiger partial charge in [0.05, 0.1) is 0 Å². The smallest absolute Gasteiger partial charge is 0.136 e. The van der Waals surface area contributed by atoms with E-state index in [0.717, 1.165) is 17.9 Å². The first-order valence-electron chi connectivity index (χ1n) is 5.01. The molecule has 2 aliphatic carbocycles. The summed E-state index contributed by atoms with van der Waals surface area (Å²) >= 11 is 0. The molecule has 0 aromatic rings. The van der Waals surface area contributed by atoms with Crippen molar-refractivity contribution in [3.8, 4) is 0 Å². The summed E-state index contributed by atoms with van der Waals surface area (Å²) in [5.74, 6) is 1.85. The van der Waals surface area contributed by atoms with Crippen LogP contribution in [0.5, 0.6) is 0 Å². The van der Waals surface area contributed by atoms with E-state index in [1.165, 1.54) is 12.8 Å². The van der Waals surface area contributed by atoms with Gasteiger partial charge in [0, 0.05) is 20.4 Å². The minimum absolute atomic E-state index is 0.488. The molecule has 0 aromatic heterocycles. The molecule has 2 bridgehead atoms. The maximum Gasteiger partial charge on any atom is 0.136 e. The highest BCUT2D eigenvalue weighted by atomic mass is 28.3. The Labute approximate surface area is 75.6 Å². The Bertz CT molecular complexity index is 216. The van der Waals surface area contributed by atoms with Crippen LogP contribution in [0, 0.1) is 11.8 Å². The Morgan fingerprint density at radius 2 is 1.92 bits per heavy atom. The Morgan fingerprint density at radius 3 is 2.25 bits per heavy atom. The molecule has 12 heavy (non-hydrogen) atoms. The van der Waals surface area contributed by atoms with Crippen LogP contribution >= 0.6 is 0 Å². The van der Waals surface area contributed by atoms with Crippen LogP contribution in [0.4, 0.5) is 0 Å². The molecule has 2 heteroatoms. The summed E-state index contributed by atoms with van der Waals surface area (Å²) in [6.07, 6.45) is 3.51. The summed E-state index contributed by atoms with van der Waals surface area (Å²) in [6, 6.07) is 0. The normalized spacial score (nSPS) is 40.9. The molecule has 2 fully saturated rings. The van der Waals surface area contributed by atoms with E-state index < -0.39 is 8.07 Å². The molecule has 0 aromatic carbocycles. The third-order valence-electron chi connectivity index (χ3n) is 3.68. The van der Waals surface area contributed by atoms with Crippen molar-refractivity contribution in [1.82, 2.24) is 0 Å². The minimum atomic E-state index is -1.04. The second-order valence-electron chi connectivity index (χ2n) is 5.59. The molecule has 3 atom stereocenters. The summed E-state index contributed by atoms with van der Waals surface area (Å²) in [5, 5.41) is 0. The second kappa shape index (κ2) is 2.44. The van der Waals surface area contributed by atoms with Gasteiger partial charge in [-0.2, -0.15) is 0 Å². The number of rotatable bonds is 1. The summed E-state index contributed by atoms with van der Waals surface area (Å²) in [6.45, 7) is 7.23. The largest absolute Gasteiger partial charge is 0.299 e. The Morgan fingerprint density at radius 1 is 1.25 bits per heavy atom. The van der Waals surface area contributed by atoms with Crippen LogP contribution < -0.4 is 0 Å². The molecule has 0 radical (unpaired) electrons. The molecule has 68 valence electrons. The standard InChI is InChI=1S/C10H18OSi/c1-12(2,3)10-6-7-4-8(10)9(11)5-7/h7-8,10H,4-6H2,1-3H3/t7-,8+,10+/m0/s1. The van der Waals surface area contributed by atoms with Crippen molar-refractivity contribution in [2.45, 2.75) is 44.4 Å². The SMILES string of the molecule is C[Si](C)(C)[C@@H]1C[C@@H]2CC(=O)[C@H]1C2. The lowest BCUT2D eigenvalue weighted by molar-refractivity contribution is -0.121. The zero-order chi connectivity index (χ0) is 8.93. The molecule has 0 heterocycles. The van der Waals surface area contributed by atoms with Gasteiger partial charge in [0.25, 0.3) is 0 Å². The first kappa shape index (κ1) is 8.48. The van der Waals surface area contributed by atoms with Gasteiger partial charge in [0.2, 0.25) is 0 Å². The molecule has 0 amide bonds. The molecular weight excluding hydrogens is 164 g/mol. The molecule has 0 saturated heterocycles. The fraction of sp³-hybridized carbons (Fsp3) is 0.900. The molecule has 0 unspecified atom stereocenters. The van der Waals surface area contributed by atoms with Crippen molar-refractivity contribution in [3.05, 3.63) is 0 Å². The summed E-state index contributed by atoms with van der Waals surface area (Å²) in [5.41, 5.74) is 0.809. The van der Waals surface area contributed by atoms with E-state index in [2.05, 4.69) is 19.6 Å². The topological polar surface area (TPSA) is 17.1 Å². The van der Waals surface area contributed by atoms with Gasteiger partial charge in [-0.1, -0.05) is 19.6 Å². The highest BCUT2D eigenvalue weighted by Gasteiger charge is 2.49. The van der Waals surface area contributed by atoms with E-state index in [1.807, 2.05) is 0 Å². The van der Waals surface area contributed by atoms with Crippen molar-refractivity contribution >= 4 is 13.9 Å². The van der Waals surface area contributed by atoms with Gasteiger partial charge in [0.1, 0.15) is 5.78 Å². The van der Waals surface area contributed by atoms with E-state index in [1.54, 1.807) is 0 Å². The number of fused-ring (bicyclic) bond motifs is 2. The number of carbonyl (C=O) groups is 1. The monoisotopic (exact) mass is 182 g/mol. The number of ketones is 1. The average molecular weight is 182 g/mol. The van der Waals surface area contributed by atoms with Crippen molar-refractivity contribution in [2.75, 3.05) is 0 Å². The van der Waals surface area contributed by atoms with Crippen LogP contribution in [-0.2, 0) is 4.79 Å². The first-order valence-corrected chi connectivity index (χ1v) is 8.59. The van der Waals surface area contributed by atoms with Gasteiger partial charge in [-0.3, -0.25) is 4.79 Å². The van der Waals surface area contributed by atoms with E-state index >= 15 is 0 Å². The van der Waals surface area contributed by atoms with E-state index in [9.17, 15) is 4.79 Å². The molecule has 2 rings (SSSR count). The van der Waals surface area contributed by atoms with Crippen LogP contribution in [0.15, 0.2) is 0 Å². The van der Waals surface area contributed by atoms with Crippen molar-refractivity contribution in [1.29, 1.82) is 0 Å². The van der Waals surface area contributed by atoms with Gasteiger partial charge >= 0.3 is 0 Å². The highest BCUT2D eigenvalue weighted by molar-refractivity contribution is 6.77. The fourth-order valence-electron chi connectivity index (χ4n) is 3.06. The lowest BCUT2D eigenvalue weighted by Crippen LogP contribution is -2.34. The van der Waals surface area contributed by atoms with E-state index in [-0.39, 0.29) is 0 Å². The van der Waals surface area contributed by atoms with Gasteiger partial charge in [-0.05, 0) is 24.3 Å². The number of Topliss-reactive ketones (excluding diaryl/α,β-unsaturated/α-hetero) is 1. The average Bonchev–Trinajstić information content (AvgIpc) is 2.41. The molecule has 0 spiro atoms. The predicted octanol–water partition coefficient (Wildman–Crippen LogP) is 2.69. The zero-order valence-corrected chi connectivity index (χ0v) is 9.26. The number of hydrogen-bond acceptors (Lipinski definition) is 1. The van der Waals surface area contributed by atoms with Gasteiger partial charge in [-0.15, -0.1) is 0 Å². The lowest BCUT2D eigenvalue weighted by Gasteiger charge is -2.31. The Balaban J connectivity index is 2.17. The van der Waals surface area contributed by atoms with E-state index in [4.69, 9.17) is 0 Å². The van der Waals surface area contributed by atoms with Gasteiger partial charge in [0.15, 0.2) is 0 Å². The van der Waals surface area contributed by atoms with Crippen LogP contribution in [-0.4, -0.2) is 13.9 Å². The Kier molecular flexibility index (Phi) is 1.72. The summed E-state index contributed by atoms with van der Waals surface area (Å²) < 4.78 is 0. The minimum Gasteiger partial charge on any atom is -0.299 e. The third kappa shape index (κ3) is 1.17. The molecule has 2 aliphatic rings.